The number of aromatic nitrogens is 1. The molecular weight excluding hydrogens is 348 g/mol. The van der Waals surface area contributed by atoms with E-state index in [0.717, 1.165) is 37.6 Å². The van der Waals surface area contributed by atoms with E-state index in [0.29, 0.717) is 6.54 Å². The zero-order valence-electron chi connectivity index (χ0n) is 15.4. The summed E-state index contributed by atoms with van der Waals surface area (Å²) < 4.78 is 22.9. The van der Waals surface area contributed by atoms with Crippen molar-refractivity contribution in [3.8, 4) is 0 Å². The van der Waals surface area contributed by atoms with Gasteiger partial charge in [0, 0.05) is 42.4 Å². The molecule has 1 aliphatic rings. The Hall–Kier alpha value is -1.82. The Labute approximate surface area is 155 Å². The van der Waals surface area contributed by atoms with Crippen molar-refractivity contribution in [3.63, 3.8) is 0 Å². The van der Waals surface area contributed by atoms with Crippen LogP contribution in [0.5, 0.6) is 0 Å². The van der Waals surface area contributed by atoms with Gasteiger partial charge in [-0.3, -0.25) is 4.79 Å². The van der Waals surface area contributed by atoms with E-state index in [-0.39, 0.29) is 24.1 Å². The average molecular weight is 377 g/mol. The number of nitrogens with one attached hydrogen (secondary N) is 1. The predicted molar refractivity (Wildman–Crippen MR) is 105 cm³/mol. The summed E-state index contributed by atoms with van der Waals surface area (Å²) in [5.74, 6) is -0.0931. The highest BCUT2D eigenvalue weighted by Crippen LogP contribution is 2.25. The maximum Gasteiger partial charge on any atom is 0.223 e. The number of carbonyl (C=O) groups is 1. The third kappa shape index (κ3) is 4.87. The van der Waals surface area contributed by atoms with Gasteiger partial charge in [0.05, 0.1) is 5.75 Å². The number of benzene rings is 1. The molecule has 0 unspecified atom stereocenters. The van der Waals surface area contributed by atoms with Crippen LogP contribution >= 0.6 is 0 Å². The molecule has 1 aromatic heterocycles. The van der Waals surface area contributed by atoms with E-state index in [1.165, 1.54) is 23.6 Å². The molecule has 142 valence electrons. The average Bonchev–Trinajstić information content (AvgIpc) is 3.04. The summed E-state index contributed by atoms with van der Waals surface area (Å²) in [5.41, 5.74) is 2.31. The third-order valence-corrected chi connectivity index (χ3v) is 6.27. The van der Waals surface area contributed by atoms with Gasteiger partial charge in [-0.1, -0.05) is 37.5 Å². The predicted octanol–water partition coefficient (Wildman–Crippen LogP) is 3.31. The number of hydrogen-bond donors (Lipinski definition) is 1. The van der Waals surface area contributed by atoms with Crippen molar-refractivity contribution in [1.29, 1.82) is 0 Å². The molecule has 0 aliphatic heterocycles. The van der Waals surface area contributed by atoms with Crippen LogP contribution in [0.3, 0.4) is 0 Å². The van der Waals surface area contributed by atoms with Crippen LogP contribution in [0.2, 0.25) is 0 Å². The number of carbonyl (C=O) groups excluding carboxylic acids is 1. The number of fused-ring (bicyclic) bond motifs is 1. The van der Waals surface area contributed by atoms with Gasteiger partial charge in [0.15, 0.2) is 0 Å². The lowest BCUT2D eigenvalue weighted by molar-refractivity contribution is -0.133. The van der Waals surface area contributed by atoms with E-state index in [1.807, 2.05) is 23.2 Å². The lowest BCUT2D eigenvalue weighted by Gasteiger charge is -2.34. The van der Waals surface area contributed by atoms with Gasteiger partial charge in [0.1, 0.15) is 9.84 Å². The van der Waals surface area contributed by atoms with Gasteiger partial charge >= 0.3 is 0 Å². The van der Waals surface area contributed by atoms with Gasteiger partial charge in [0.25, 0.3) is 0 Å². The fourth-order valence-electron chi connectivity index (χ4n) is 3.90. The molecule has 1 N–H and O–H groups in total. The summed E-state index contributed by atoms with van der Waals surface area (Å²) in [5, 5.41) is 1.19. The lowest BCUT2D eigenvalue weighted by atomic mass is 9.93. The standard InChI is InChI=1S/C20H28N2O3S/c1-26(24,25)14-12-20(23)22(17-7-3-2-4-8-17)13-11-16-15-21-19-10-6-5-9-18(16)19/h5-6,9-10,15,17,21H,2-4,7-8,11-14H2,1H3. The highest BCUT2D eigenvalue weighted by Gasteiger charge is 2.25. The minimum absolute atomic E-state index is 0.0258. The quantitative estimate of drug-likeness (QED) is 0.806. The second-order valence-corrected chi connectivity index (χ2v) is 9.63. The number of hydrogen-bond acceptors (Lipinski definition) is 3. The molecule has 1 fully saturated rings. The van der Waals surface area contributed by atoms with E-state index < -0.39 is 9.84 Å². The Balaban J connectivity index is 1.71. The molecule has 5 nitrogen and oxygen atoms in total. The Bertz CT molecular complexity index is 851. The molecule has 26 heavy (non-hydrogen) atoms. The van der Waals surface area contributed by atoms with Crippen molar-refractivity contribution in [1.82, 2.24) is 9.88 Å². The largest absolute Gasteiger partial charge is 0.361 e. The molecule has 0 atom stereocenters. The summed E-state index contributed by atoms with van der Waals surface area (Å²) in [6.45, 7) is 0.648. The van der Waals surface area contributed by atoms with Gasteiger partial charge < -0.3 is 9.88 Å². The normalized spacial score (nSPS) is 16.0. The molecule has 6 heteroatoms. The van der Waals surface area contributed by atoms with E-state index in [9.17, 15) is 13.2 Å². The smallest absolute Gasteiger partial charge is 0.223 e. The van der Waals surface area contributed by atoms with Crippen molar-refractivity contribution in [2.75, 3.05) is 18.6 Å². The van der Waals surface area contributed by atoms with Crippen molar-refractivity contribution >= 4 is 26.6 Å². The second-order valence-electron chi connectivity index (χ2n) is 7.37. The van der Waals surface area contributed by atoms with Gasteiger partial charge in [-0.2, -0.15) is 0 Å². The molecule has 2 aromatic rings. The second kappa shape index (κ2) is 8.25. The van der Waals surface area contributed by atoms with E-state index in [1.54, 1.807) is 0 Å². The van der Waals surface area contributed by atoms with Gasteiger partial charge in [-0.15, -0.1) is 0 Å². The summed E-state index contributed by atoms with van der Waals surface area (Å²) in [6.07, 6.45) is 9.65. The molecule has 0 radical (unpaired) electrons. The number of amides is 1. The van der Waals surface area contributed by atoms with Crippen LogP contribution in [0.15, 0.2) is 30.5 Å². The molecule has 0 spiro atoms. The molecule has 1 heterocycles. The number of nitrogens with zero attached hydrogens (tertiary/aromatic N) is 1. The summed E-state index contributed by atoms with van der Waals surface area (Å²) in [6, 6.07) is 8.43. The number of para-hydroxylation sites is 1. The minimum atomic E-state index is -3.12. The van der Waals surface area contributed by atoms with Crippen molar-refractivity contribution in [2.45, 2.75) is 51.0 Å². The van der Waals surface area contributed by atoms with Crippen LogP contribution in [0.25, 0.3) is 10.9 Å². The number of aromatic amines is 1. The lowest BCUT2D eigenvalue weighted by Crippen LogP contribution is -2.43. The maximum absolute atomic E-state index is 12.8. The molecule has 0 bridgehead atoms. The molecule has 3 rings (SSSR count). The van der Waals surface area contributed by atoms with Gasteiger partial charge in [0.2, 0.25) is 5.91 Å². The third-order valence-electron chi connectivity index (χ3n) is 5.32. The van der Waals surface area contributed by atoms with Gasteiger partial charge in [-0.05, 0) is 30.9 Å². The van der Waals surface area contributed by atoms with Crippen LogP contribution in [0.1, 0.15) is 44.1 Å². The summed E-state index contributed by atoms with van der Waals surface area (Å²) in [4.78, 5) is 18.0. The highest BCUT2D eigenvalue weighted by atomic mass is 32.2. The van der Waals surface area contributed by atoms with Crippen LogP contribution in [-0.2, 0) is 21.1 Å². The van der Waals surface area contributed by atoms with Crippen LogP contribution in [-0.4, -0.2) is 48.8 Å². The summed E-state index contributed by atoms with van der Waals surface area (Å²) >= 11 is 0. The molecule has 1 aromatic carbocycles. The van der Waals surface area contributed by atoms with Crippen molar-refractivity contribution in [3.05, 3.63) is 36.0 Å². The van der Waals surface area contributed by atoms with Crippen LogP contribution in [0, 0.1) is 0 Å². The SMILES string of the molecule is CS(=O)(=O)CCC(=O)N(CCc1c[nH]c2ccccc12)C1CCCCC1. The van der Waals surface area contributed by atoms with E-state index in [4.69, 9.17) is 0 Å². The fourth-order valence-corrected chi connectivity index (χ4v) is 4.44. The van der Waals surface area contributed by atoms with Crippen molar-refractivity contribution < 1.29 is 13.2 Å². The first kappa shape index (κ1) is 19.0. The Kier molecular flexibility index (Phi) is 6.01. The first-order valence-electron chi connectivity index (χ1n) is 9.46. The summed E-state index contributed by atoms with van der Waals surface area (Å²) in [7, 11) is -3.12. The topological polar surface area (TPSA) is 70.2 Å². The first-order chi connectivity index (χ1) is 12.4. The Morgan fingerprint density at radius 1 is 1.19 bits per heavy atom. The number of sulfone groups is 1. The van der Waals surface area contributed by atoms with Crippen LogP contribution < -0.4 is 0 Å². The number of rotatable bonds is 7. The van der Waals surface area contributed by atoms with Crippen molar-refractivity contribution in [2.24, 2.45) is 0 Å². The van der Waals surface area contributed by atoms with Gasteiger partial charge in [-0.25, -0.2) is 8.42 Å². The Morgan fingerprint density at radius 3 is 2.65 bits per heavy atom. The molecule has 1 aliphatic carbocycles. The molecule has 1 saturated carbocycles. The number of H-pyrrole nitrogens is 1. The fraction of sp³-hybridized carbons (Fsp3) is 0.550. The molecule has 1 amide bonds. The molecular formula is C20H28N2O3S. The maximum atomic E-state index is 12.8. The zero-order chi connectivity index (χ0) is 18.6. The Morgan fingerprint density at radius 2 is 1.92 bits per heavy atom. The van der Waals surface area contributed by atoms with Crippen LogP contribution in [0.4, 0.5) is 0 Å². The highest BCUT2D eigenvalue weighted by molar-refractivity contribution is 7.90. The zero-order valence-corrected chi connectivity index (χ0v) is 16.2. The monoisotopic (exact) mass is 376 g/mol. The molecule has 0 saturated heterocycles. The first-order valence-corrected chi connectivity index (χ1v) is 11.5. The minimum Gasteiger partial charge on any atom is -0.361 e. The van der Waals surface area contributed by atoms with E-state index in [2.05, 4.69) is 17.1 Å². The van der Waals surface area contributed by atoms with E-state index >= 15 is 0 Å².